The molecular weight excluding hydrogens is 309 g/mol. The summed E-state index contributed by atoms with van der Waals surface area (Å²) in [5.41, 5.74) is 2.66. The highest BCUT2D eigenvalue weighted by Gasteiger charge is 2.16. The van der Waals surface area contributed by atoms with E-state index in [0.29, 0.717) is 29.8 Å². The monoisotopic (exact) mass is 323 g/mol. The van der Waals surface area contributed by atoms with Crippen molar-refractivity contribution in [2.45, 2.75) is 26.8 Å². The number of nitrogens with zero attached hydrogens (tertiary/aromatic N) is 3. The molecule has 0 N–H and O–H groups in total. The van der Waals surface area contributed by atoms with E-state index in [0.717, 1.165) is 28.3 Å². The molecule has 0 aliphatic rings. The number of imidazole rings is 1. The van der Waals surface area contributed by atoms with Gasteiger partial charge in [-0.05, 0) is 26.0 Å². The Morgan fingerprint density at radius 1 is 1.24 bits per heavy atom. The maximum Gasteiger partial charge on any atom is 0.214 e. The van der Waals surface area contributed by atoms with Gasteiger partial charge in [-0.25, -0.2) is 9.97 Å². The molecule has 4 nitrogen and oxygen atoms in total. The highest BCUT2D eigenvalue weighted by molar-refractivity contribution is 6.35. The predicted octanol–water partition coefficient (Wildman–Crippen LogP) is 4.12. The van der Waals surface area contributed by atoms with Crippen molar-refractivity contribution in [3.63, 3.8) is 0 Å². The summed E-state index contributed by atoms with van der Waals surface area (Å²) in [6.07, 6.45) is 0.672. The fourth-order valence-corrected chi connectivity index (χ4v) is 2.82. The van der Waals surface area contributed by atoms with E-state index in [4.69, 9.17) is 27.6 Å². The summed E-state index contributed by atoms with van der Waals surface area (Å²) in [5, 5.41) is 0.667. The first-order chi connectivity index (χ1) is 10.1. The summed E-state index contributed by atoms with van der Waals surface area (Å²) in [6.45, 7) is 4.34. The predicted molar refractivity (Wildman–Crippen MR) is 84.2 cm³/mol. The Bertz CT molecular complexity index is 772. The van der Waals surface area contributed by atoms with Crippen LogP contribution in [-0.4, -0.2) is 20.4 Å². The molecule has 1 aromatic carbocycles. The van der Waals surface area contributed by atoms with E-state index in [1.165, 1.54) is 0 Å². The van der Waals surface area contributed by atoms with Crippen LogP contribution in [-0.2, 0) is 13.0 Å². The molecule has 0 fully saturated rings. The van der Waals surface area contributed by atoms with Gasteiger partial charge in [-0.15, -0.1) is 11.6 Å². The van der Waals surface area contributed by atoms with Crippen molar-refractivity contribution in [2.75, 3.05) is 5.88 Å². The number of alkyl halides is 1. The minimum absolute atomic E-state index is 0.501. The molecule has 0 aliphatic heterocycles. The maximum absolute atomic E-state index is 6.33. The molecule has 0 spiro atoms. The number of rotatable bonds is 4. The van der Waals surface area contributed by atoms with Crippen LogP contribution in [0, 0.1) is 13.8 Å². The number of hydrogen-bond donors (Lipinski definition) is 0. The zero-order chi connectivity index (χ0) is 15.0. The number of fused-ring (bicyclic) bond motifs is 1. The topological polar surface area (TPSA) is 43.9 Å². The van der Waals surface area contributed by atoms with Gasteiger partial charge in [0.2, 0.25) is 5.89 Å². The average Bonchev–Trinajstić information content (AvgIpc) is 2.93. The third-order valence-corrected chi connectivity index (χ3v) is 3.97. The Morgan fingerprint density at radius 2 is 2.05 bits per heavy atom. The third-order valence-electron chi connectivity index (χ3n) is 3.48. The van der Waals surface area contributed by atoms with E-state index in [-0.39, 0.29) is 0 Å². The molecule has 0 bridgehead atoms. The fraction of sp³-hybridized carbons (Fsp3) is 0.333. The molecular formula is C15H15Cl2N3O. The van der Waals surface area contributed by atoms with Crippen LogP contribution >= 0.6 is 23.2 Å². The fourth-order valence-electron chi connectivity index (χ4n) is 2.38. The highest BCUT2D eigenvalue weighted by atomic mass is 35.5. The molecule has 0 saturated heterocycles. The lowest BCUT2D eigenvalue weighted by Crippen LogP contribution is -2.06. The highest BCUT2D eigenvalue weighted by Crippen LogP contribution is 2.26. The summed E-state index contributed by atoms with van der Waals surface area (Å²) < 4.78 is 7.71. The summed E-state index contributed by atoms with van der Waals surface area (Å²) in [5.74, 6) is 2.88. The molecule has 0 saturated carbocycles. The SMILES string of the molecule is Cc1nc(Cn2c(CCCl)nc3cccc(Cl)c32)oc1C. The summed E-state index contributed by atoms with van der Waals surface area (Å²) in [6, 6.07) is 5.70. The second kappa shape index (κ2) is 5.70. The smallest absolute Gasteiger partial charge is 0.214 e. The van der Waals surface area contributed by atoms with Crippen molar-refractivity contribution in [3.8, 4) is 0 Å². The average molecular weight is 324 g/mol. The van der Waals surface area contributed by atoms with Crippen molar-refractivity contribution in [3.05, 3.63) is 46.4 Å². The van der Waals surface area contributed by atoms with E-state index in [2.05, 4.69) is 9.97 Å². The molecule has 0 unspecified atom stereocenters. The van der Waals surface area contributed by atoms with Crippen molar-refractivity contribution in [1.29, 1.82) is 0 Å². The molecule has 0 amide bonds. The third kappa shape index (κ3) is 2.65. The molecule has 3 rings (SSSR count). The lowest BCUT2D eigenvalue weighted by atomic mass is 10.3. The van der Waals surface area contributed by atoms with E-state index in [1.54, 1.807) is 0 Å². The van der Waals surface area contributed by atoms with Gasteiger partial charge in [-0.1, -0.05) is 17.7 Å². The van der Waals surface area contributed by atoms with Gasteiger partial charge in [0, 0.05) is 12.3 Å². The van der Waals surface area contributed by atoms with Crippen molar-refractivity contribution >= 4 is 34.2 Å². The van der Waals surface area contributed by atoms with Crippen LogP contribution in [0.2, 0.25) is 5.02 Å². The Kier molecular flexibility index (Phi) is 3.91. The maximum atomic E-state index is 6.33. The van der Waals surface area contributed by atoms with Crippen LogP contribution in [0.5, 0.6) is 0 Å². The molecule has 0 aliphatic carbocycles. The first-order valence-corrected chi connectivity index (χ1v) is 7.64. The lowest BCUT2D eigenvalue weighted by molar-refractivity contribution is 0.456. The van der Waals surface area contributed by atoms with Gasteiger partial charge in [0.15, 0.2) is 0 Å². The number of hydrogen-bond acceptors (Lipinski definition) is 3. The Hall–Kier alpha value is -1.52. The zero-order valence-electron chi connectivity index (χ0n) is 11.9. The molecule has 0 radical (unpaired) electrons. The standard InChI is InChI=1S/C15H15Cl2N3O/c1-9-10(2)21-14(18-9)8-20-13(6-7-16)19-12-5-3-4-11(17)15(12)20/h3-5H,6-8H2,1-2H3. The van der Waals surface area contributed by atoms with E-state index in [1.807, 2.05) is 36.6 Å². The Labute approximate surface area is 132 Å². The van der Waals surface area contributed by atoms with Gasteiger partial charge < -0.3 is 8.98 Å². The lowest BCUT2D eigenvalue weighted by Gasteiger charge is -2.06. The largest absolute Gasteiger partial charge is 0.444 e. The number of halogens is 2. The van der Waals surface area contributed by atoms with E-state index in [9.17, 15) is 0 Å². The number of para-hydroxylation sites is 1. The minimum atomic E-state index is 0.501. The summed E-state index contributed by atoms with van der Waals surface area (Å²) in [7, 11) is 0. The first kappa shape index (κ1) is 14.4. The number of oxazole rings is 1. The van der Waals surface area contributed by atoms with Crippen LogP contribution in [0.3, 0.4) is 0 Å². The van der Waals surface area contributed by atoms with E-state index < -0.39 is 0 Å². The molecule has 21 heavy (non-hydrogen) atoms. The van der Waals surface area contributed by atoms with Gasteiger partial charge in [0.05, 0.1) is 21.7 Å². The van der Waals surface area contributed by atoms with Gasteiger partial charge in [0.25, 0.3) is 0 Å². The Morgan fingerprint density at radius 3 is 2.71 bits per heavy atom. The molecule has 6 heteroatoms. The van der Waals surface area contributed by atoms with Gasteiger partial charge >= 0.3 is 0 Å². The van der Waals surface area contributed by atoms with Crippen LogP contribution in [0.1, 0.15) is 23.2 Å². The first-order valence-electron chi connectivity index (χ1n) is 6.72. The van der Waals surface area contributed by atoms with Crippen molar-refractivity contribution < 1.29 is 4.42 Å². The van der Waals surface area contributed by atoms with Crippen LogP contribution in [0.4, 0.5) is 0 Å². The number of aryl methyl sites for hydroxylation is 3. The Balaban J connectivity index is 2.12. The van der Waals surface area contributed by atoms with Gasteiger partial charge in [-0.3, -0.25) is 0 Å². The zero-order valence-corrected chi connectivity index (χ0v) is 13.4. The molecule has 2 heterocycles. The van der Waals surface area contributed by atoms with Crippen LogP contribution < -0.4 is 0 Å². The quantitative estimate of drug-likeness (QED) is 0.678. The second-order valence-electron chi connectivity index (χ2n) is 4.91. The second-order valence-corrected chi connectivity index (χ2v) is 5.70. The summed E-state index contributed by atoms with van der Waals surface area (Å²) in [4.78, 5) is 9.04. The van der Waals surface area contributed by atoms with Gasteiger partial charge in [0.1, 0.15) is 18.1 Å². The van der Waals surface area contributed by atoms with Crippen LogP contribution in [0.15, 0.2) is 22.6 Å². The van der Waals surface area contributed by atoms with Crippen molar-refractivity contribution in [2.24, 2.45) is 0 Å². The van der Waals surface area contributed by atoms with Crippen molar-refractivity contribution in [1.82, 2.24) is 14.5 Å². The molecule has 3 aromatic rings. The van der Waals surface area contributed by atoms with E-state index >= 15 is 0 Å². The molecule has 110 valence electrons. The van der Waals surface area contributed by atoms with Crippen LogP contribution in [0.25, 0.3) is 11.0 Å². The summed E-state index contributed by atoms with van der Waals surface area (Å²) >= 11 is 12.2. The minimum Gasteiger partial charge on any atom is -0.444 e. The normalized spacial score (nSPS) is 11.4. The number of aromatic nitrogens is 3. The molecule has 2 aromatic heterocycles. The van der Waals surface area contributed by atoms with Gasteiger partial charge in [-0.2, -0.15) is 0 Å². The number of benzene rings is 1. The molecule has 0 atom stereocenters.